The van der Waals surface area contributed by atoms with Crippen LogP contribution in [0, 0.1) is 5.82 Å². The van der Waals surface area contributed by atoms with Crippen LogP contribution in [-0.2, 0) is 9.53 Å². The van der Waals surface area contributed by atoms with Crippen LogP contribution < -0.4 is 5.32 Å². The number of esters is 1. The molecule has 0 aliphatic heterocycles. The van der Waals surface area contributed by atoms with Crippen LogP contribution >= 0.6 is 23.2 Å². The summed E-state index contributed by atoms with van der Waals surface area (Å²) in [6.07, 6.45) is -1.14. The fourth-order valence-corrected chi connectivity index (χ4v) is 2.21. The molecule has 4 nitrogen and oxygen atoms in total. The fraction of sp³-hybridized carbons (Fsp3) is 0.125. The van der Waals surface area contributed by atoms with E-state index in [1.54, 1.807) is 24.3 Å². The molecule has 23 heavy (non-hydrogen) atoms. The normalized spacial score (nSPS) is 11.7. The molecule has 2 aromatic carbocycles. The van der Waals surface area contributed by atoms with Gasteiger partial charge in [0.25, 0.3) is 5.91 Å². The second kappa shape index (κ2) is 7.44. The fourth-order valence-electron chi connectivity index (χ4n) is 1.78. The molecule has 0 saturated carbocycles. The Morgan fingerprint density at radius 2 is 1.87 bits per heavy atom. The highest BCUT2D eigenvalue weighted by Gasteiger charge is 2.23. The summed E-state index contributed by atoms with van der Waals surface area (Å²) in [5.41, 5.74) is 0.0471. The van der Waals surface area contributed by atoms with Crippen molar-refractivity contribution in [1.82, 2.24) is 0 Å². The van der Waals surface area contributed by atoms with Crippen LogP contribution in [0.25, 0.3) is 0 Å². The molecule has 0 aliphatic rings. The maximum absolute atomic E-state index is 13.6. The number of amides is 1. The van der Waals surface area contributed by atoms with Gasteiger partial charge in [0.05, 0.1) is 5.02 Å². The average molecular weight is 356 g/mol. The molecule has 1 unspecified atom stereocenters. The molecular formula is C16H12Cl2FNO3. The van der Waals surface area contributed by atoms with Gasteiger partial charge in [0.1, 0.15) is 11.4 Å². The van der Waals surface area contributed by atoms with E-state index in [2.05, 4.69) is 5.32 Å². The lowest BCUT2D eigenvalue weighted by Gasteiger charge is -2.14. The van der Waals surface area contributed by atoms with E-state index in [9.17, 15) is 14.0 Å². The zero-order valence-corrected chi connectivity index (χ0v) is 13.5. The lowest BCUT2D eigenvalue weighted by Crippen LogP contribution is -2.30. The summed E-state index contributed by atoms with van der Waals surface area (Å²) in [4.78, 5) is 24.0. The van der Waals surface area contributed by atoms with Crippen molar-refractivity contribution in [3.63, 3.8) is 0 Å². The minimum Gasteiger partial charge on any atom is -0.449 e. The van der Waals surface area contributed by atoms with Crippen LogP contribution in [0.15, 0.2) is 42.5 Å². The van der Waals surface area contributed by atoms with E-state index in [0.29, 0.717) is 10.7 Å². The third-order valence-corrected chi connectivity index (χ3v) is 3.46. The first-order valence-corrected chi connectivity index (χ1v) is 7.35. The van der Waals surface area contributed by atoms with Gasteiger partial charge in [0.2, 0.25) is 0 Å². The Labute approximate surface area is 142 Å². The van der Waals surface area contributed by atoms with Crippen molar-refractivity contribution in [2.75, 3.05) is 5.32 Å². The summed E-state index contributed by atoms with van der Waals surface area (Å²) >= 11 is 11.6. The van der Waals surface area contributed by atoms with Crippen LogP contribution in [0.5, 0.6) is 0 Å². The number of carbonyl (C=O) groups is 2. The lowest BCUT2D eigenvalue weighted by molar-refractivity contribution is -0.123. The molecule has 2 aromatic rings. The molecule has 1 N–H and O–H groups in total. The van der Waals surface area contributed by atoms with E-state index in [4.69, 9.17) is 27.9 Å². The third-order valence-electron chi connectivity index (χ3n) is 2.91. The van der Waals surface area contributed by atoms with Gasteiger partial charge in [-0.25, -0.2) is 9.18 Å². The van der Waals surface area contributed by atoms with E-state index in [-0.39, 0.29) is 5.02 Å². The molecule has 0 aromatic heterocycles. The summed E-state index contributed by atoms with van der Waals surface area (Å²) in [5, 5.41) is 2.91. The summed E-state index contributed by atoms with van der Waals surface area (Å²) in [5.74, 6) is -2.40. The largest absolute Gasteiger partial charge is 0.449 e. The molecule has 0 heterocycles. The zero-order chi connectivity index (χ0) is 17.0. The second-order valence-electron chi connectivity index (χ2n) is 4.64. The van der Waals surface area contributed by atoms with Crippen molar-refractivity contribution < 1.29 is 18.7 Å². The van der Waals surface area contributed by atoms with E-state index in [1.807, 2.05) is 0 Å². The number of hydrogen-bond acceptors (Lipinski definition) is 3. The van der Waals surface area contributed by atoms with Gasteiger partial charge in [-0.05, 0) is 37.3 Å². The lowest BCUT2D eigenvalue weighted by atomic mass is 10.2. The average Bonchev–Trinajstić information content (AvgIpc) is 2.46. The first kappa shape index (κ1) is 17.2. The predicted molar refractivity (Wildman–Crippen MR) is 86.4 cm³/mol. The number of rotatable bonds is 4. The zero-order valence-electron chi connectivity index (χ0n) is 12.0. The van der Waals surface area contributed by atoms with Crippen LogP contribution in [0.4, 0.5) is 10.1 Å². The van der Waals surface area contributed by atoms with Gasteiger partial charge < -0.3 is 10.1 Å². The molecule has 0 radical (unpaired) electrons. The van der Waals surface area contributed by atoms with Crippen LogP contribution in [-0.4, -0.2) is 18.0 Å². The highest BCUT2D eigenvalue weighted by Crippen LogP contribution is 2.21. The number of ether oxygens (including phenoxy) is 1. The minimum atomic E-state index is -1.14. The Kier molecular flexibility index (Phi) is 5.58. The molecule has 2 rings (SSSR count). The molecule has 0 fully saturated rings. The highest BCUT2D eigenvalue weighted by molar-refractivity contribution is 6.33. The molecule has 7 heteroatoms. The minimum absolute atomic E-state index is 0.0857. The molecule has 0 saturated heterocycles. The van der Waals surface area contributed by atoms with Gasteiger partial charge in [0.15, 0.2) is 6.10 Å². The molecular weight excluding hydrogens is 344 g/mol. The van der Waals surface area contributed by atoms with E-state index in [0.717, 1.165) is 6.07 Å². The Balaban J connectivity index is 2.05. The van der Waals surface area contributed by atoms with Gasteiger partial charge in [-0.3, -0.25) is 4.79 Å². The molecule has 0 bridgehead atoms. The molecule has 1 atom stereocenters. The SMILES string of the molecule is CC(OC(=O)c1c(F)cccc1Cl)C(=O)Nc1cccc(Cl)c1. The van der Waals surface area contributed by atoms with Crippen molar-refractivity contribution >= 4 is 40.8 Å². The molecule has 120 valence electrons. The standard InChI is InChI=1S/C16H12Cl2FNO3/c1-9(15(21)20-11-5-2-4-10(17)8-11)23-16(22)14-12(18)6-3-7-13(14)19/h2-9H,1H3,(H,20,21). The van der Waals surface area contributed by atoms with Crippen LogP contribution in [0.1, 0.15) is 17.3 Å². The summed E-state index contributed by atoms with van der Waals surface area (Å²) in [6.45, 7) is 1.37. The number of hydrogen-bond donors (Lipinski definition) is 1. The second-order valence-corrected chi connectivity index (χ2v) is 5.49. The molecule has 0 aliphatic carbocycles. The Morgan fingerprint density at radius 3 is 2.52 bits per heavy atom. The van der Waals surface area contributed by atoms with E-state index < -0.39 is 29.4 Å². The van der Waals surface area contributed by atoms with Crippen molar-refractivity contribution in [1.29, 1.82) is 0 Å². The predicted octanol–water partition coefficient (Wildman–Crippen LogP) is 4.32. The van der Waals surface area contributed by atoms with Crippen molar-refractivity contribution in [3.8, 4) is 0 Å². The molecule has 0 spiro atoms. The Hall–Kier alpha value is -2.11. The van der Waals surface area contributed by atoms with Gasteiger partial charge in [-0.1, -0.05) is 35.3 Å². The van der Waals surface area contributed by atoms with Crippen LogP contribution in [0.3, 0.4) is 0 Å². The first-order chi connectivity index (χ1) is 10.9. The first-order valence-electron chi connectivity index (χ1n) is 6.60. The quantitative estimate of drug-likeness (QED) is 0.831. The van der Waals surface area contributed by atoms with Crippen LogP contribution in [0.2, 0.25) is 10.0 Å². The Bertz CT molecular complexity index is 732. The maximum Gasteiger partial charge on any atom is 0.343 e. The number of benzene rings is 2. The van der Waals surface area contributed by atoms with Crippen molar-refractivity contribution in [3.05, 3.63) is 63.9 Å². The van der Waals surface area contributed by atoms with Gasteiger partial charge in [-0.2, -0.15) is 0 Å². The summed E-state index contributed by atoms with van der Waals surface area (Å²) in [7, 11) is 0. The third kappa shape index (κ3) is 4.43. The van der Waals surface area contributed by atoms with Crippen molar-refractivity contribution in [2.24, 2.45) is 0 Å². The van der Waals surface area contributed by atoms with Gasteiger partial charge in [0, 0.05) is 10.7 Å². The highest BCUT2D eigenvalue weighted by atomic mass is 35.5. The van der Waals surface area contributed by atoms with Gasteiger partial charge >= 0.3 is 5.97 Å². The monoisotopic (exact) mass is 355 g/mol. The smallest absolute Gasteiger partial charge is 0.343 e. The number of anilines is 1. The van der Waals surface area contributed by atoms with Gasteiger partial charge in [-0.15, -0.1) is 0 Å². The summed E-state index contributed by atoms with van der Waals surface area (Å²) < 4.78 is 18.6. The van der Waals surface area contributed by atoms with E-state index in [1.165, 1.54) is 19.1 Å². The summed E-state index contributed by atoms with van der Waals surface area (Å²) in [6, 6.07) is 10.3. The molecule has 1 amide bonds. The van der Waals surface area contributed by atoms with Crippen molar-refractivity contribution in [2.45, 2.75) is 13.0 Å². The topological polar surface area (TPSA) is 55.4 Å². The number of carbonyl (C=O) groups excluding carboxylic acids is 2. The van der Waals surface area contributed by atoms with E-state index >= 15 is 0 Å². The number of halogens is 3. The maximum atomic E-state index is 13.6. The Morgan fingerprint density at radius 1 is 1.17 bits per heavy atom. The number of nitrogens with one attached hydrogen (secondary N) is 1.